The number of hydrogen-bond donors (Lipinski definition) is 1. The molecule has 2 rings (SSSR count). The summed E-state index contributed by atoms with van der Waals surface area (Å²) in [7, 11) is 1.60. The third kappa shape index (κ3) is 2.36. The van der Waals surface area contributed by atoms with Crippen molar-refractivity contribution in [1.29, 1.82) is 0 Å². The van der Waals surface area contributed by atoms with Crippen molar-refractivity contribution in [2.24, 2.45) is 11.8 Å². The van der Waals surface area contributed by atoms with Crippen molar-refractivity contribution in [3.8, 4) is 5.75 Å². The van der Waals surface area contributed by atoms with Crippen LogP contribution < -0.4 is 4.74 Å². The SMILES string of the molecule is COc1cc(C2(O)CC(C)CCC2C)ccc1Cl. The fraction of sp³-hybridized carbons (Fsp3) is 0.600. The number of ether oxygens (including phenoxy) is 1. The Bertz CT molecular complexity index is 433. The molecule has 1 aliphatic carbocycles. The second-order valence-corrected chi connectivity index (χ2v) is 5.97. The van der Waals surface area contributed by atoms with Crippen molar-refractivity contribution in [2.75, 3.05) is 7.11 Å². The van der Waals surface area contributed by atoms with E-state index in [2.05, 4.69) is 13.8 Å². The zero-order valence-electron chi connectivity index (χ0n) is 11.2. The van der Waals surface area contributed by atoms with Gasteiger partial charge in [0.05, 0.1) is 17.7 Å². The van der Waals surface area contributed by atoms with Crippen molar-refractivity contribution in [1.82, 2.24) is 0 Å². The molecule has 1 aromatic rings. The van der Waals surface area contributed by atoms with Crippen LogP contribution in [0.1, 0.15) is 38.7 Å². The first kappa shape index (κ1) is 13.7. The quantitative estimate of drug-likeness (QED) is 0.879. The largest absolute Gasteiger partial charge is 0.495 e. The second-order valence-electron chi connectivity index (χ2n) is 5.56. The molecule has 1 aliphatic rings. The third-order valence-electron chi connectivity index (χ3n) is 4.22. The predicted octanol–water partition coefficient (Wildman–Crippen LogP) is 3.99. The number of rotatable bonds is 2. The molecule has 18 heavy (non-hydrogen) atoms. The average molecular weight is 269 g/mol. The summed E-state index contributed by atoms with van der Waals surface area (Å²) in [5.41, 5.74) is 0.165. The zero-order chi connectivity index (χ0) is 13.3. The molecule has 1 N–H and O–H groups in total. The van der Waals surface area contributed by atoms with Gasteiger partial charge in [-0.2, -0.15) is 0 Å². The molecule has 3 heteroatoms. The molecular formula is C15H21ClO2. The van der Waals surface area contributed by atoms with E-state index in [-0.39, 0.29) is 5.92 Å². The Balaban J connectivity index is 2.39. The number of aliphatic hydroxyl groups is 1. The first-order chi connectivity index (χ1) is 8.47. The Morgan fingerprint density at radius 1 is 1.33 bits per heavy atom. The third-order valence-corrected chi connectivity index (χ3v) is 4.53. The maximum Gasteiger partial charge on any atom is 0.137 e. The summed E-state index contributed by atoms with van der Waals surface area (Å²) >= 11 is 6.04. The molecule has 3 atom stereocenters. The van der Waals surface area contributed by atoms with E-state index in [4.69, 9.17) is 16.3 Å². The van der Waals surface area contributed by atoms with Crippen LogP contribution in [0.25, 0.3) is 0 Å². The van der Waals surface area contributed by atoms with Gasteiger partial charge in [-0.1, -0.05) is 37.9 Å². The second kappa shape index (κ2) is 5.10. The highest BCUT2D eigenvalue weighted by Crippen LogP contribution is 2.45. The van der Waals surface area contributed by atoms with Crippen LogP contribution in [0.2, 0.25) is 5.02 Å². The standard InChI is InChI=1S/C15H21ClO2/c1-10-4-5-11(2)15(17,9-10)12-6-7-13(16)14(8-12)18-3/h6-8,10-11,17H,4-5,9H2,1-3H3. The highest BCUT2D eigenvalue weighted by Gasteiger charge is 2.40. The van der Waals surface area contributed by atoms with E-state index >= 15 is 0 Å². The first-order valence-corrected chi connectivity index (χ1v) is 6.91. The van der Waals surface area contributed by atoms with Gasteiger partial charge in [0.25, 0.3) is 0 Å². The maximum atomic E-state index is 11.0. The molecule has 0 spiro atoms. The van der Waals surface area contributed by atoms with Gasteiger partial charge < -0.3 is 9.84 Å². The van der Waals surface area contributed by atoms with E-state index in [0.29, 0.717) is 16.7 Å². The Morgan fingerprint density at radius 3 is 2.72 bits per heavy atom. The molecule has 0 heterocycles. The Kier molecular flexibility index (Phi) is 3.88. The minimum atomic E-state index is -0.754. The smallest absolute Gasteiger partial charge is 0.137 e. The number of methoxy groups -OCH3 is 1. The molecule has 0 saturated heterocycles. The molecular weight excluding hydrogens is 248 g/mol. The minimum Gasteiger partial charge on any atom is -0.495 e. The van der Waals surface area contributed by atoms with E-state index in [9.17, 15) is 5.11 Å². The topological polar surface area (TPSA) is 29.5 Å². The highest BCUT2D eigenvalue weighted by molar-refractivity contribution is 6.32. The van der Waals surface area contributed by atoms with Crippen LogP contribution in [-0.4, -0.2) is 12.2 Å². The summed E-state index contributed by atoms with van der Waals surface area (Å²) in [5.74, 6) is 1.44. The van der Waals surface area contributed by atoms with Crippen LogP contribution in [0.15, 0.2) is 18.2 Å². The van der Waals surface area contributed by atoms with Gasteiger partial charge in [-0.15, -0.1) is 0 Å². The molecule has 1 aromatic carbocycles. The van der Waals surface area contributed by atoms with E-state index in [1.807, 2.05) is 12.1 Å². The van der Waals surface area contributed by atoms with Gasteiger partial charge >= 0.3 is 0 Å². The normalized spacial score (nSPS) is 32.3. The number of benzene rings is 1. The summed E-state index contributed by atoms with van der Waals surface area (Å²) in [6, 6.07) is 5.59. The Hall–Kier alpha value is -0.730. The molecule has 1 saturated carbocycles. The Labute approximate surface area is 114 Å². The number of hydrogen-bond acceptors (Lipinski definition) is 2. The maximum absolute atomic E-state index is 11.0. The summed E-state index contributed by atoms with van der Waals surface area (Å²) in [5, 5.41) is 11.6. The fourth-order valence-electron chi connectivity index (χ4n) is 2.94. The predicted molar refractivity (Wildman–Crippen MR) is 74.1 cm³/mol. The van der Waals surface area contributed by atoms with Crippen LogP contribution in [0.3, 0.4) is 0 Å². The number of halogens is 1. The van der Waals surface area contributed by atoms with Crippen molar-refractivity contribution in [3.63, 3.8) is 0 Å². The van der Waals surface area contributed by atoms with Gasteiger partial charge in [0, 0.05) is 0 Å². The van der Waals surface area contributed by atoms with Gasteiger partial charge in [0.15, 0.2) is 0 Å². The Morgan fingerprint density at radius 2 is 2.06 bits per heavy atom. The minimum absolute atomic E-state index is 0.264. The molecule has 0 aliphatic heterocycles. The molecule has 0 amide bonds. The molecule has 2 nitrogen and oxygen atoms in total. The van der Waals surface area contributed by atoms with Crippen molar-refractivity contribution in [2.45, 2.75) is 38.7 Å². The monoisotopic (exact) mass is 268 g/mol. The van der Waals surface area contributed by atoms with E-state index in [1.165, 1.54) is 6.42 Å². The molecule has 3 unspecified atom stereocenters. The summed E-state index contributed by atoms with van der Waals surface area (Å²) in [6.07, 6.45) is 3.05. The van der Waals surface area contributed by atoms with Crippen LogP contribution in [0.5, 0.6) is 5.75 Å². The molecule has 1 fully saturated rings. The van der Waals surface area contributed by atoms with E-state index in [1.54, 1.807) is 13.2 Å². The molecule has 100 valence electrons. The lowest BCUT2D eigenvalue weighted by molar-refractivity contribution is -0.0628. The fourth-order valence-corrected chi connectivity index (χ4v) is 3.13. The van der Waals surface area contributed by atoms with Crippen molar-refractivity contribution < 1.29 is 9.84 Å². The van der Waals surface area contributed by atoms with E-state index in [0.717, 1.165) is 18.4 Å². The van der Waals surface area contributed by atoms with Crippen LogP contribution in [0.4, 0.5) is 0 Å². The summed E-state index contributed by atoms with van der Waals surface area (Å²) in [6.45, 7) is 4.32. The first-order valence-electron chi connectivity index (χ1n) is 6.53. The lowest BCUT2D eigenvalue weighted by Gasteiger charge is -2.41. The van der Waals surface area contributed by atoms with Gasteiger partial charge in [-0.05, 0) is 42.4 Å². The van der Waals surface area contributed by atoms with Gasteiger partial charge in [-0.3, -0.25) is 0 Å². The summed E-state index contributed by atoms with van der Waals surface area (Å²) in [4.78, 5) is 0. The molecule has 0 bridgehead atoms. The molecule has 0 radical (unpaired) electrons. The lowest BCUT2D eigenvalue weighted by Crippen LogP contribution is -2.39. The lowest BCUT2D eigenvalue weighted by atomic mass is 9.69. The zero-order valence-corrected chi connectivity index (χ0v) is 12.0. The average Bonchev–Trinajstić information content (AvgIpc) is 2.34. The van der Waals surface area contributed by atoms with Gasteiger partial charge in [-0.25, -0.2) is 0 Å². The van der Waals surface area contributed by atoms with Crippen LogP contribution >= 0.6 is 11.6 Å². The highest BCUT2D eigenvalue weighted by atomic mass is 35.5. The van der Waals surface area contributed by atoms with Crippen molar-refractivity contribution >= 4 is 11.6 Å². The van der Waals surface area contributed by atoms with E-state index < -0.39 is 5.60 Å². The van der Waals surface area contributed by atoms with Crippen LogP contribution in [0, 0.1) is 11.8 Å². The van der Waals surface area contributed by atoms with Crippen molar-refractivity contribution in [3.05, 3.63) is 28.8 Å². The van der Waals surface area contributed by atoms with Gasteiger partial charge in [0.2, 0.25) is 0 Å². The molecule has 0 aromatic heterocycles. The van der Waals surface area contributed by atoms with Gasteiger partial charge in [0.1, 0.15) is 5.75 Å². The summed E-state index contributed by atoms with van der Waals surface area (Å²) < 4.78 is 5.24. The van der Waals surface area contributed by atoms with Crippen LogP contribution in [-0.2, 0) is 5.60 Å².